The van der Waals surface area contributed by atoms with E-state index in [2.05, 4.69) is 17.3 Å². The van der Waals surface area contributed by atoms with Crippen molar-refractivity contribution in [3.63, 3.8) is 0 Å². The number of nitrogens with zero attached hydrogens (tertiary/aromatic N) is 1. The molecular weight excluding hydrogens is 256 g/mol. The van der Waals surface area contributed by atoms with Gasteiger partial charge in [0.25, 0.3) is 0 Å². The molecule has 1 N–H and O–H groups in total. The first-order valence-corrected chi connectivity index (χ1v) is 6.63. The molecule has 0 spiro atoms. The fourth-order valence-electron chi connectivity index (χ4n) is 2.12. The van der Waals surface area contributed by atoms with Gasteiger partial charge in [0, 0.05) is 6.04 Å². The molecule has 1 aromatic heterocycles. The topological polar surface area (TPSA) is 32.3 Å². The minimum Gasteiger partial charge on any atom is -0.317 e. The molecule has 0 aliphatic carbocycles. The molecule has 1 saturated heterocycles. The molecule has 0 radical (unpaired) electrons. The summed E-state index contributed by atoms with van der Waals surface area (Å²) < 4.78 is 0. The maximum absolute atomic E-state index is 11.9. The number of likely N-dealkylation sites (N-methyl/N-ethyl adjacent to an activating group) is 1. The van der Waals surface area contributed by atoms with Crippen LogP contribution >= 0.6 is 23.7 Å². The van der Waals surface area contributed by atoms with Crippen LogP contribution in [0.15, 0.2) is 17.5 Å². The van der Waals surface area contributed by atoms with Crippen LogP contribution in [-0.2, 0) is 0 Å². The lowest BCUT2D eigenvalue weighted by Gasteiger charge is -2.30. The third-order valence-corrected chi connectivity index (χ3v) is 4.03. The first kappa shape index (κ1) is 14.6. The molecule has 96 valence electrons. The highest BCUT2D eigenvalue weighted by Gasteiger charge is 2.20. The highest BCUT2D eigenvalue weighted by molar-refractivity contribution is 7.12. The second-order valence-corrected chi connectivity index (χ2v) is 5.24. The van der Waals surface area contributed by atoms with Crippen LogP contribution in [0, 0.1) is 0 Å². The summed E-state index contributed by atoms with van der Waals surface area (Å²) in [6, 6.07) is 4.40. The molecule has 5 heteroatoms. The Balaban J connectivity index is 0.00000144. The molecule has 1 aliphatic heterocycles. The van der Waals surface area contributed by atoms with Crippen molar-refractivity contribution in [2.45, 2.75) is 18.9 Å². The molecule has 17 heavy (non-hydrogen) atoms. The maximum atomic E-state index is 11.9. The summed E-state index contributed by atoms with van der Waals surface area (Å²) in [6.45, 7) is 2.69. The standard InChI is InChI=1S/C12H18N2OS.ClH/c1-14(10-4-6-13-7-5-10)9-11(15)12-3-2-8-16-12;/h2-3,8,10,13H,4-7,9H2,1H3;1H. The van der Waals surface area contributed by atoms with Gasteiger partial charge in [0.05, 0.1) is 11.4 Å². The molecule has 1 fully saturated rings. The first-order chi connectivity index (χ1) is 7.77. The van der Waals surface area contributed by atoms with E-state index in [1.807, 2.05) is 17.5 Å². The molecule has 0 atom stereocenters. The van der Waals surface area contributed by atoms with E-state index in [1.54, 1.807) is 0 Å². The zero-order chi connectivity index (χ0) is 11.4. The Labute approximate surface area is 113 Å². The van der Waals surface area contributed by atoms with Crippen LogP contribution in [0.2, 0.25) is 0 Å². The van der Waals surface area contributed by atoms with Crippen molar-refractivity contribution in [2.75, 3.05) is 26.7 Å². The molecule has 1 aromatic rings. The molecule has 0 bridgehead atoms. The first-order valence-electron chi connectivity index (χ1n) is 5.75. The van der Waals surface area contributed by atoms with E-state index in [1.165, 1.54) is 11.3 Å². The Kier molecular flexibility index (Phi) is 6.12. The van der Waals surface area contributed by atoms with Gasteiger partial charge in [-0.3, -0.25) is 9.69 Å². The van der Waals surface area contributed by atoms with E-state index < -0.39 is 0 Å². The Morgan fingerprint density at radius 1 is 1.53 bits per heavy atom. The third kappa shape index (κ3) is 4.07. The Morgan fingerprint density at radius 2 is 2.24 bits per heavy atom. The quantitative estimate of drug-likeness (QED) is 0.853. The van der Waals surface area contributed by atoms with Crippen molar-refractivity contribution >= 4 is 29.5 Å². The molecule has 2 rings (SSSR count). The lowest BCUT2D eigenvalue weighted by molar-refractivity contribution is 0.0907. The normalized spacial score (nSPS) is 16.8. The Morgan fingerprint density at radius 3 is 2.82 bits per heavy atom. The molecule has 0 unspecified atom stereocenters. The summed E-state index contributed by atoms with van der Waals surface area (Å²) in [7, 11) is 2.06. The maximum Gasteiger partial charge on any atom is 0.186 e. The number of Topliss-reactive ketones (excluding diaryl/α,β-unsaturated/α-hetero) is 1. The number of thiophene rings is 1. The van der Waals surface area contributed by atoms with Gasteiger partial charge < -0.3 is 5.32 Å². The molecular formula is C12H19ClN2OS. The van der Waals surface area contributed by atoms with Crippen LogP contribution in [0.25, 0.3) is 0 Å². The zero-order valence-corrected chi connectivity index (χ0v) is 11.6. The van der Waals surface area contributed by atoms with E-state index in [0.29, 0.717) is 12.6 Å². The number of carbonyl (C=O) groups is 1. The van der Waals surface area contributed by atoms with Crippen LogP contribution in [0.1, 0.15) is 22.5 Å². The highest BCUT2D eigenvalue weighted by Crippen LogP contribution is 2.13. The van der Waals surface area contributed by atoms with Crippen LogP contribution in [0.3, 0.4) is 0 Å². The summed E-state index contributed by atoms with van der Waals surface area (Å²) in [5, 5.41) is 5.30. The van der Waals surface area contributed by atoms with Gasteiger partial charge in [-0.15, -0.1) is 23.7 Å². The van der Waals surface area contributed by atoms with Crippen molar-refractivity contribution in [1.82, 2.24) is 10.2 Å². The van der Waals surface area contributed by atoms with Crippen LogP contribution in [0.4, 0.5) is 0 Å². The number of hydrogen-bond donors (Lipinski definition) is 1. The number of carbonyl (C=O) groups excluding carboxylic acids is 1. The predicted molar refractivity (Wildman–Crippen MR) is 74.4 cm³/mol. The number of hydrogen-bond acceptors (Lipinski definition) is 4. The summed E-state index contributed by atoms with van der Waals surface area (Å²) in [5.74, 6) is 0.246. The monoisotopic (exact) mass is 274 g/mol. The van der Waals surface area contributed by atoms with Gasteiger partial charge in [-0.25, -0.2) is 0 Å². The van der Waals surface area contributed by atoms with Gasteiger partial charge in [0.2, 0.25) is 0 Å². The van der Waals surface area contributed by atoms with Crippen LogP contribution in [0.5, 0.6) is 0 Å². The lowest BCUT2D eigenvalue weighted by Crippen LogP contribution is -2.43. The second kappa shape index (κ2) is 7.11. The number of halogens is 1. The van der Waals surface area contributed by atoms with E-state index >= 15 is 0 Å². The Bertz CT molecular complexity index is 336. The number of rotatable bonds is 4. The van der Waals surface area contributed by atoms with Gasteiger partial charge in [0.15, 0.2) is 5.78 Å². The number of piperidine rings is 1. The fraction of sp³-hybridized carbons (Fsp3) is 0.583. The van der Waals surface area contributed by atoms with E-state index in [-0.39, 0.29) is 18.2 Å². The van der Waals surface area contributed by atoms with Crippen molar-refractivity contribution < 1.29 is 4.79 Å². The van der Waals surface area contributed by atoms with Gasteiger partial charge in [-0.1, -0.05) is 6.07 Å². The van der Waals surface area contributed by atoms with Crippen molar-refractivity contribution in [1.29, 1.82) is 0 Å². The zero-order valence-electron chi connectivity index (χ0n) is 10.0. The SMILES string of the molecule is CN(CC(=O)c1cccs1)C1CCNCC1.Cl. The van der Waals surface area contributed by atoms with Gasteiger partial charge in [0.1, 0.15) is 0 Å². The third-order valence-electron chi connectivity index (χ3n) is 3.12. The summed E-state index contributed by atoms with van der Waals surface area (Å²) >= 11 is 1.53. The smallest absolute Gasteiger partial charge is 0.186 e. The molecule has 0 aromatic carbocycles. The van der Waals surface area contributed by atoms with Crippen LogP contribution in [-0.4, -0.2) is 43.4 Å². The van der Waals surface area contributed by atoms with Crippen molar-refractivity contribution in [3.8, 4) is 0 Å². The lowest BCUT2D eigenvalue weighted by atomic mass is 10.1. The van der Waals surface area contributed by atoms with Gasteiger partial charge in [-0.05, 0) is 44.4 Å². The van der Waals surface area contributed by atoms with Gasteiger partial charge in [-0.2, -0.15) is 0 Å². The predicted octanol–water partition coefficient (Wildman–Crippen LogP) is 2.04. The minimum atomic E-state index is 0. The fourth-order valence-corrected chi connectivity index (χ4v) is 2.78. The molecule has 0 saturated carbocycles. The molecule has 2 heterocycles. The molecule has 1 aliphatic rings. The summed E-state index contributed by atoms with van der Waals surface area (Å²) in [4.78, 5) is 15.0. The highest BCUT2D eigenvalue weighted by atomic mass is 35.5. The van der Waals surface area contributed by atoms with Crippen molar-refractivity contribution in [2.24, 2.45) is 0 Å². The number of ketones is 1. The van der Waals surface area contributed by atoms with Crippen LogP contribution < -0.4 is 5.32 Å². The van der Waals surface area contributed by atoms with E-state index in [0.717, 1.165) is 30.8 Å². The van der Waals surface area contributed by atoms with Gasteiger partial charge >= 0.3 is 0 Å². The van der Waals surface area contributed by atoms with E-state index in [4.69, 9.17) is 0 Å². The molecule has 0 amide bonds. The van der Waals surface area contributed by atoms with Crippen molar-refractivity contribution in [3.05, 3.63) is 22.4 Å². The average molecular weight is 275 g/mol. The minimum absolute atomic E-state index is 0. The summed E-state index contributed by atoms with van der Waals surface area (Å²) in [6.07, 6.45) is 2.29. The average Bonchev–Trinajstić information content (AvgIpc) is 2.83. The van der Waals surface area contributed by atoms with E-state index in [9.17, 15) is 4.79 Å². The molecule has 3 nitrogen and oxygen atoms in total. The largest absolute Gasteiger partial charge is 0.317 e. The number of nitrogens with one attached hydrogen (secondary N) is 1. The second-order valence-electron chi connectivity index (χ2n) is 4.30. The summed E-state index contributed by atoms with van der Waals surface area (Å²) in [5.41, 5.74) is 0. The Hall–Kier alpha value is -0.420.